The van der Waals surface area contributed by atoms with Gasteiger partial charge in [-0.25, -0.2) is 4.79 Å². The van der Waals surface area contributed by atoms with Crippen LogP contribution in [0.5, 0.6) is 0 Å². The van der Waals surface area contributed by atoms with Crippen LogP contribution >= 0.6 is 11.8 Å². The van der Waals surface area contributed by atoms with E-state index >= 15 is 0 Å². The molecule has 1 atom stereocenters. The fraction of sp³-hybridized carbons (Fsp3) is 0.667. The van der Waals surface area contributed by atoms with Crippen molar-refractivity contribution in [2.24, 2.45) is 0 Å². The number of nitrogens with zero attached hydrogens (tertiary/aromatic N) is 3. The molecule has 128 valence electrons. The third-order valence-corrected chi connectivity index (χ3v) is 5.00. The summed E-state index contributed by atoms with van der Waals surface area (Å²) >= 11 is 1.89. The first-order valence-electron chi connectivity index (χ1n) is 7.79. The molecule has 0 bridgehead atoms. The Labute approximate surface area is 139 Å². The fourth-order valence-electron chi connectivity index (χ4n) is 2.71. The first-order valence-corrected chi connectivity index (χ1v) is 8.94. The summed E-state index contributed by atoms with van der Waals surface area (Å²) < 4.78 is 1.37. The Morgan fingerprint density at radius 1 is 1.43 bits per heavy atom. The zero-order chi connectivity index (χ0) is 16.8. The topological polar surface area (TPSA) is 78.4 Å². The summed E-state index contributed by atoms with van der Waals surface area (Å²) in [5.74, 6) is 2.09. The number of hydrogen-bond donors (Lipinski definition) is 1. The third kappa shape index (κ3) is 5.24. The highest BCUT2D eigenvalue weighted by atomic mass is 32.2. The van der Waals surface area contributed by atoms with E-state index in [4.69, 9.17) is 0 Å². The molecule has 0 aromatic carbocycles. The number of H-pyrrole nitrogens is 1. The summed E-state index contributed by atoms with van der Waals surface area (Å²) in [7, 11) is 4.02. The number of rotatable bonds is 5. The fourth-order valence-corrected chi connectivity index (χ4v) is 3.77. The molecule has 7 nitrogen and oxygen atoms in total. The van der Waals surface area contributed by atoms with Crippen molar-refractivity contribution in [3.05, 3.63) is 33.1 Å². The Hall–Kier alpha value is -1.54. The van der Waals surface area contributed by atoms with Crippen LogP contribution in [0.4, 0.5) is 0 Å². The van der Waals surface area contributed by atoms with Crippen LogP contribution in [0.15, 0.2) is 21.9 Å². The lowest BCUT2D eigenvalue weighted by Gasteiger charge is -2.31. The van der Waals surface area contributed by atoms with Gasteiger partial charge in [0.15, 0.2) is 0 Å². The molecule has 1 aromatic rings. The van der Waals surface area contributed by atoms with Gasteiger partial charge in [-0.05, 0) is 26.3 Å². The van der Waals surface area contributed by atoms with Crippen molar-refractivity contribution in [2.45, 2.75) is 25.4 Å². The molecule has 0 spiro atoms. The van der Waals surface area contributed by atoms with Crippen LogP contribution in [-0.4, -0.2) is 70.0 Å². The highest BCUT2D eigenvalue weighted by Crippen LogP contribution is 2.18. The highest BCUT2D eigenvalue weighted by molar-refractivity contribution is 7.99. The van der Waals surface area contributed by atoms with E-state index in [1.165, 1.54) is 16.8 Å². The number of nitrogens with one attached hydrogen (secondary N) is 1. The molecule has 0 radical (unpaired) electrons. The maximum absolute atomic E-state index is 12.6. The molecular formula is C15H24N4O3S. The number of hydrogen-bond acceptors (Lipinski definition) is 5. The lowest BCUT2D eigenvalue weighted by atomic mass is 10.2. The van der Waals surface area contributed by atoms with Gasteiger partial charge in [-0.15, -0.1) is 0 Å². The van der Waals surface area contributed by atoms with Gasteiger partial charge < -0.3 is 14.4 Å². The lowest BCUT2D eigenvalue weighted by Crippen LogP contribution is -2.47. The minimum Gasteiger partial charge on any atom is -0.338 e. The van der Waals surface area contributed by atoms with Crippen LogP contribution in [0.2, 0.25) is 0 Å². The maximum atomic E-state index is 12.6. The van der Waals surface area contributed by atoms with Crippen molar-refractivity contribution in [1.29, 1.82) is 0 Å². The standard InChI is InChI=1S/C15H24N4O3S/c1-17(2)10-12-11-23-9-3-6-19(12)14(21)5-8-18-7-4-13(20)16-15(18)22/h4,7,12H,3,5-6,8-11H2,1-2H3,(H,16,20,22)/t12-/m0/s1. The predicted molar refractivity (Wildman–Crippen MR) is 91.9 cm³/mol. The summed E-state index contributed by atoms with van der Waals surface area (Å²) in [5, 5.41) is 0. The molecule has 0 saturated carbocycles. The van der Waals surface area contributed by atoms with Crippen molar-refractivity contribution < 1.29 is 4.79 Å². The summed E-state index contributed by atoms with van der Waals surface area (Å²) in [6.45, 7) is 1.90. The van der Waals surface area contributed by atoms with Gasteiger partial charge in [0, 0.05) is 44.1 Å². The zero-order valence-corrected chi connectivity index (χ0v) is 14.5. The number of carbonyl (C=O) groups is 1. The van der Waals surface area contributed by atoms with E-state index in [0.717, 1.165) is 31.0 Å². The molecule has 1 aliphatic rings. The lowest BCUT2D eigenvalue weighted by molar-refractivity contribution is -0.133. The first kappa shape index (κ1) is 17.8. The van der Waals surface area contributed by atoms with E-state index < -0.39 is 11.2 Å². The maximum Gasteiger partial charge on any atom is 0.328 e. The number of carbonyl (C=O) groups excluding carboxylic acids is 1. The smallest absolute Gasteiger partial charge is 0.328 e. The van der Waals surface area contributed by atoms with E-state index in [-0.39, 0.29) is 24.9 Å². The Morgan fingerprint density at radius 2 is 2.22 bits per heavy atom. The van der Waals surface area contributed by atoms with Gasteiger partial charge in [-0.2, -0.15) is 11.8 Å². The van der Waals surface area contributed by atoms with Crippen LogP contribution in [-0.2, 0) is 11.3 Å². The number of amides is 1. The van der Waals surface area contributed by atoms with Crippen molar-refractivity contribution in [1.82, 2.24) is 19.4 Å². The summed E-state index contributed by atoms with van der Waals surface area (Å²) in [5.41, 5.74) is -0.894. The van der Waals surface area contributed by atoms with E-state index in [1.54, 1.807) is 0 Å². The molecule has 0 unspecified atom stereocenters. The summed E-state index contributed by atoms with van der Waals surface area (Å²) in [6, 6.07) is 1.50. The Bertz CT molecular complexity index is 640. The number of aromatic nitrogens is 2. The summed E-state index contributed by atoms with van der Waals surface area (Å²) in [6.07, 6.45) is 2.70. The van der Waals surface area contributed by atoms with Crippen molar-refractivity contribution >= 4 is 17.7 Å². The second-order valence-electron chi connectivity index (χ2n) is 5.99. The van der Waals surface area contributed by atoms with Crippen LogP contribution < -0.4 is 11.2 Å². The molecule has 1 N–H and O–H groups in total. The SMILES string of the molecule is CN(C)C[C@H]1CSCCCN1C(=O)CCn1ccc(=O)[nH]c1=O. The molecule has 1 saturated heterocycles. The number of likely N-dealkylation sites (N-methyl/N-ethyl adjacent to an activating group) is 1. The molecule has 1 aromatic heterocycles. The van der Waals surface area contributed by atoms with E-state index in [2.05, 4.69) is 9.88 Å². The molecule has 1 amide bonds. The number of thioether (sulfide) groups is 1. The Balaban J connectivity index is 2.01. The molecule has 23 heavy (non-hydrogen) atoms. The highest BCUT2D eigenvalue weighted by Gasteiger charge is 2.25. The van der Waals surface area contributed by atoms with Crippen LogP contribution in [0, 0.1) is 0 Å². The summed E-state index contributed by atoms with van der Waals surface area (Å²) in [4.78, 5) is 41.6. The average Bonchev–Trinajstić information content (AvgIpc) is 2.71. The number of aromatic amines is 1. The normalized spacial score (nSPS) is 18.9. The predicted octanol–water partition coefficient (Wildman–Crippen LogP) is -0.178. The van der Waals surface area contributed by atoms with E-state index in [0.29, 0.717) is 0 Å². The Morgan fingerprint density at radius 3 is 2.91 bits per heavy atom. The van der Waals surface area contributed by atoms with Crippen LogP contribution in [0.25, 0.3) is 0 Å². The van der Waals surface area contributed by atoms with Gasteiger partial charge in [-0.1, -0.05) is 0 Å². The van der Waals surface area contributed by atoms with Crippen LogP contribution in [0.1, 0.15) is 12.8 Å². The number of aryl methyl sites for hydroxylation is 1. The minimum atomic E-state index is -0.471. The average molecular weight is 340 g/mol. The largest absolute Gasteiger partial charge is 0.338 e. The Kier molecular flexibility index (Phi) is 6.47. The molecular weight excluding hydrogens is 316 g/mol. The van der Waals surface area contributed by atoms with Gasteiger partial charge in [-0.3, -0.25) is 14.6 Å². The first-order chi connectivity index (χ1) is 11.0. The molecule has 1 aliphatic heterocycles. The quantitative estimate of drug-likeness (QED) is 0.805. The van der Waals surface area contributed by atoms with Crippen LogP contribution in [0.3, 0.4) is 0 Å². The zero-order valence-electron chi connectivity index (χ0n) is 13.7. The second kappa shape index (κ2) is 8.35. The van der Waals surface area contributed by atoms with E-state index in [1.807, 2.05) is 30.8 Å². The molecule has 8 heteroatoms. The van der Waals surface area contributed by atoms with Gasteiger partial charge in [0.1, 0.15) is 0 Å². The van der Waals surface area contributed by atoms with Gasteiger partial charge in [0.25, 0.3) is 5.56 Å². The van der Waals surface area contributed by atoms with E-state index in [9.17, 15) is 14.4 Å². The molecule has 0 aliphatic carbocycles. The van der Waals surface area contributed by atoms with Gasteiger partial charge in [0.05, 0.1) is 6.04 Å². The minimum absolute atomic E-state index is 0.0671. The van der Waals surface area contributed by atoms with Gasteiger partial charge >= 0.3 is 5.69 Å². The molecule has 2 rings (SSSR count). The second-order valence-corrected chi connectivity index (χ2v) is 7.14. The third-order valence-electron chi connectivity index (χ3n) is 3.80. The molecule has 1 fully saturated rings. The van der Waals surface area contributed by atoms with Crippen molar-refractivity contribution in [3.8, 4) is 0 Å². The molecule has 2 heterocycles. The monoisotopic (exact) mass is 340 g/mol. The van der Waals surface area contributed by atoms with Crippen molar-refractivity contribution in [3.63, 3.8) is 0 Å². The van der Waals surface area contributed by atoms with Gasteiger partial charge in [0.2, 0.25) is 5.91 Å². The van der Waals surface area contributed by atoms with Crippen molar-refractivity contribution in [2.75, 3.05) is 38.7 Å².